The lowest BCUT2D eigenvalue weighted by molar-refractivity contribution is -0.124. The van der Waals surface area contributed by atoms with E-state index in [-0.39, 0.29) is 11.8 Å². The standard InChI is InChI=1S/C16H24O/c1-3-5-8-11-14(4-2)16(17)15-12-9-6-7-10-13-15/h4,6-7,9,12,14-15H,2-3,5,8,10-11,13H2,1H3. The average Bonchev–Trinajstić information content (AvgIpc) is 2.63. The summed E-state index contributed by atoms with van der Waals surface area (Å²) < 4.78 is 0. The molecule has 0 heterocycles. The third-order valence-electron chi connectivity index (χ3n) is 3.37. The fraction of sp³-hybridized carbons (Fsp3) is 0.562. The summed E-state index contributed by atoms with van der Waals surface area (Å²) >= 11 is 0. The van der Waals surface area contributed by atoms with E-state index in [1.165, 1.54) is 12.8 Å². The van der Waals surface area contributed by atoms with Crippen molar-refractivity contribution >= 4 is 5.78 Å². The maximum atomic E-state index is 12.3. The minimum Gasteiger partial charge on any atom is -0.298 e. The van der Waals surface area contributed by atoms with Crippen molar-refractivity contribution in [2.24, 2.45) is 11.8 Å². The molecule has 0 N–H and O–H groups in total. The maximum Gasteiger partial charge on any atom is 0.146 e. The second-order valence-corrected chi connectivity index (χ2v) is 4.74. The Labute approximate surface area is 105 Å². The molecule has 1 aliphatic rings. The van der Waals surface area contributed by atoms with E-state index < -0.39 is 0 Å². The molecule has 1 nitrogen and oxygen atoms in total. The molecule has 0 aromatic rings. The summed E-state index contributed by atoms with van der Waals surface area (Å²) in [7, 11) is 0. The number of Topliss-reactive ketones (excluding diaryl/α,β-unsaturated/α-hetero) is 1. The van der Waals surface area contributed by atoms with E-state index in [1.807, 2.05) is 24.3 Å². The smallest absolute Gasteiger partial charge is 0.146 e. The summed E-state index contributed by atoms with van der Waals surface area (Å²) in [6.45, 7) is 6.00. The summed E-state index contributed by atoms with van der Waals surface area (Å²) in [6.07, 6.45) is 16.5. The topological polar surface area (TPSA) is 17.1 Å². The van der Waals surface area contributed by atoms with Crippen LogP contribution in [-0.2, 0) is 4.79 Å². The highest BCUT2D eigenvalue weighted by molar-refractivity contribution is 5.86. The van der Waals surface area contributed by atoms with Crippen LogP contribution in [0.4, 0.5) is 0 Å². The highest BCUT2D eigenvalue weighted by Crippen LogP contribution is 2.22. The van der Waals surface area contributed by atoms with Gasteiger partial charge in [-0.3, -0.25) is 4.79 Å². The van der Waals surface area contributed by atoms with E-state index in [0.717, 1.165) is 25.7 Å². The number of carbonyl (C=O) groups is 1. The van der Waals surface area contributed by atoms with Gasteiger partial charge in [0.25, 0.3) is 0 Å². The van der Waals surface area contributed by atoms with Crippen molar-refractivity contribution in [1.82, 2.24) is 0 Å². The molecule has 2 unspecified atom stereocenters. The molecule has 0 saturated heterocycles. The van der Waals surface area contributed by atoms with Crippen molar-refractivity contribution in [1.29, 1.82) is 0 Å². The fourth-order valence-corrected chi connectivity index (χ4v) is 2.25. The summed E-state index contributed by atoms with van der Waals surface area (Å²) in [5.41, 5.74) is 0. The zero-order valence-electron chi connectivity index (χ0n) is 10.9. The maximum absolute atomic E-state index is 12.3. The van der Waals surface area contributed by atoms with Gasteiger partial charge in [-0.25, -0.2) is 0 Å². The van der Waals surface area contributed by atoms with Gasteiger partial charge in [0.2, 0.25) is 0 Å². The third kappa shape index (κ3) is 4.72. The monoisotopic (exact) mass is 232 g/mol. The molecular formula is C16H24O. The van der Waals surface area contributed by atoms with Crippen LogP contribution in [0.5, 0.6) is 0 Å². The Morgan fingerprint density at radius 1 is 1.47 bits per heavy atom. The molecule has 0 aromatic heterocycles. The number of carbonyl (C=O) groups excluding carboxylic acids is 1. The molecular weight excluding hydrogens is 208 g/mol. The Kier molecular flexibility index (Phi) is 6.61. The first-order valence-corrected chi connectivity index (χ1v) is 6.79. The molecule has 0 aromatic carbocycles. The molecule has 1 heteroatoms. The zero-order valence-corrected chi connectivity index (χ0v) is 10.9. The number of rotatable bonds is 7. The van der Waals surface area contributed by atoms with Crippen LogP contribution in [-0.4, -0.2) is 5.78 Å². The second kappa shape index (κ2) is 8.05. The zero-order chi connectivity index (χ0) is 12.5. The Hall–Kier alpha value is -1.11. The van der Waals surface area contributed by atoms with Crippen LogP contribution in [0.2, 0.25) is 0 Å². The predicted molar refractivity (Wildman–Crippen MR) is 73.8 cm³/mol. The van der Waals surface area contributed by atoms with E-state index >= 15 is 0 Å². The quantitative estimate of drug-likeness (QED) is 0.468. The van der Waals surface area contributed by atoms with Gasteiger partial charge in [0, 0.05) is 11.8 Å². The summed E-state index contributed by atoms with van der Waals surface area (Å²) in [5, 5.41) is 0. The van der Waals surface area contributed by atoms with Crippen molar-refractivity contribution in [3.8, 4) is 0 Å². The number of ketones is 1. The van der Waals surface area contributed by atoms with Gasteiger partial charge in [-0.1, -0.05) is 56.6 Å². The highest BCUT2D eigenvalue weighted by atomic mass is 16.1. The fourth-order valence-electron chi connectivity index (χ4n) is 2.25. The molecule has 94 valence electrons. The summed E-state index contributed by atoms with van der Waals surface area (Å²) in [6, 6.07) is 0. The first kappa shape index (κ1) is 14.0. The van der Waals surface area contributed by atoms with Crippen LogP contribution in [0.25, 0.3) is 0 Å². The molecule has 0 spiro atoms. The van der Waals surface area contributed by atoms with Crippen LogP contribution < -0.4 is 0 Å². The Morgan fingerprint density at radius 2 is 2.29 bits per heavy atom. The molecule has 1 aliphatic carbocycles. The molecule has 0 saturated carbocycles. The number of unbranched alkanes of at least 4 members (excludes halogenated alkanes) is 2. The predicted octanol–water partition coefficient (Wildman–Crippen LogP) is 4.46. The van der Waals surface area contributed by atoms with Gasteiger partial charge in [0.15, 0.2) is 0 Å². The second-order valence-electron chi connectivity index (χ2n) is 4.74. The molecule has 0 amide bonds. The highest BCUT2D eigenvalue weighted by Gasteiger charge is 2.22. The molecule has 0 radical (unpaired) electrons. The van der Waals surface area contributed by atoms with Crippen LogP contribution in [0.1, 0.15) is 45.4 Å². The van der Waals surface area contributed by atoms with Crippen molar-refractivity contribution in [3.05, 3.63) is 37.0 Å². The minimum atomic E-state index is 0.0503. The molecule has 2 atom stereocenters. The third-order valence-corrected chi connectivity index (χ3v) is 3.37. The molecule has 0 fully saturated rings. The van der Waals surface area contributed by atoms with E-state index in [2.05, 4.69) is 19.6 Å². The van der Waals surface area contributed by atoms with E-state index in [0.29, 0.717) is 5.78 Å². The van der Waals surface area contributed by atoms with E-state index in [9.17, 15) is 4.79 Å². The summed E-state index contributed by atoms with van der Waals surface area (Å²) in [4.78, 5) is 12.3. The number of allylic oxidation sites excluding steroid dienone is 5. The SMILES string of the molecule is C=CC(CCCCC)C(=O)C1C=CC=CCC1. The normalized spacial score (nSPS) is 20.9. The lowest BCUT2D eigenvalue weighted by atomic mass is 9.86. The van der Waals surface area contributed by atoms with Crippen molar-refractivity contribution < 1.29 is 4.79 Å². The van der Waals surface area contributed by atoms with Crippen molar-refractivity contribution in [2.45, 2.75) is 45.4 Å². The van der Waals surface area contributed by atoms with Gasteiger partial charge in [-0.2, -0.15) is 0 Å². The van der Waals surface area contributed by atoms with E-state index in [4.69, 9.17) is 0 Å². The molecule has 0 aliphatic heterocycles. The average molecular weight is 232 g/mol. The Balaban J connectivity index is 2.50. The van der Waals surface area contributed by atoms with Gasteiger partial charge < -0.3 is 0 Å². The Bertz CT molecular complexity index is 299. The first-order valence-electron chi connectivity index (χ1n) is 6.79. The Morgan fingerprint density at radius 3 is 3.00 bits per heavy atom. The summed E-state index contributed by atoms with van der Waals surface area (Å²) in [5.74, 6) is 0.500. The molecule has 17 heavy (non-hydrogen) atoms. The van der Waals surface area contributed by atoms with Gasteiger partial charge in [0.1, 0.15) is 5.78 Å². The molecule has 0 bridgehead atoms. The van der Waals surface area contributed by atoms with Crippen LogP contribution in [0, 0.1) is 11.8 Å². The van der Waals surface area contributed by atoms with Crippen LogP contribution >= 0.6 is 0 Å². The number of hydrogen-bond donors (Lipinski definition) is 0. The van der Waals surface area contributed by atoms with Crippen LogP contribution in [0.15, 0.2) is 37.0 Å². The van der Waals surface area contributed by atoms with Crippen LogP contribution in [0.3, 0.4) is 0 Å². The van der Waals surface area contributed by atoms with Crippen molar-refractivity contribution in [3.63, 3.8) is 0 Å². The molecule has 1 rings (SSSR count). The van der Waals surface area contributed by atoms with Gasteiger partial charge in [0.05, 0.1) is 0 Å². The largest absolute Gasteiger partial charge is 0.298 e. The lowest BCUT2D eigenvalue weighted by Gasteiger charge is -2.16. The van der Waals surface area contributed by atoms with Gasteiger partial charge in [-0.05, 0) is 19.3 Å². The lowest BCUT2D eigenvalue weighted by Crippen LogP contribution is -2.20. The van der Waals surface area contributed by atoms with E-state index in [1.54, 1.807) is 0 Å². The minimum absolute atomic E-state index is 0.0503. The first-order chi connectivity index (χ1) is 8.29. The number of hydrogen-bond acceptors (Lipinski definition) is 1. The van der Waals surface area contributed by atoms with Gasteiger partial charge in [-0.15, -0.1) is 6.58 Å². The van der Waals surface area contributed by atoms with Gasteiger partial charge >= 0.3 is 0 Å². The van der Waals surface area contributed by atoms with Crippen molar-refractivity contribution in [2.75, 3.05) is 0 Å².